The van der Waals surface area contributed by atoms with E-state index in [-0.39, 0.29) is 12.5 Å². The second kappa shape index (κ2) is 7.63. The Kier molecular flexibility index (Phi) is 5.74. The number of benzene rings is 1. The van der Waals surface area contributed by atoms with E-state index in [2.05, 4.69) is 10.4 Å². The Bertz CT molecular complexity index is 825. The van der Waals surface area contributed by atoms with Crippen molar-refractivity contribution in [1.82, 2.24) is 20.0 Å². The summed E-state index contributed by atoms with van der Waals surface area (Å²) in [5, 5.41) is 6.81. The first-order chi connectivity index (χ1) is 12.1. The summed E-state index contributed by atoms with van der Waals surface area (Å²) >= 11 is 0. The van der Waals surface area contributed by atoms with Crippen LogP contribution in [0.25, 0.3) is 0 Å². The topological polar surface area (TPSA) is 67.2 Å². The van der Waals surface area contributed by atoms with Gasteiger partial charge < -0.3 is 10.2 Å². The lowest BCUT2D eigenvalue weighted by atomic mass is 10.1. The first-order valence-electron chi connectivity index (χ1n) is 8.12. The highest BCUT2D eigenvalue weighted by molar-refractivity contribution is 5.95. The summed E-state index contributed by atoms with van der Waals surface area (Å²) in [6.45, 7) is 5.09. The van der Waals surface area contributed by atoms with Gasteiger partial charge in [0.05, 0.1) is 0 Å². The monoisotopic (exact) mass is 364 g/mol. The van der Waals surface area contributed by atoms with Crippen LogP contribution >= 0.6 is 0 Å². The third-order valence-corrected chi connectivity index (χ3v) is 3.90. The molecule has 0 saturated heterocycles. The molecule has 0 aliphatic heterocycles. The Balaban J connectivity index is 2.05. The number of aryl methyl sites for hydroxylation is 3. The highest BCUT2D eigenvalue weighted by atomic mass is 19.1. The number of amides is 2. The second-order valence-electron chi connectivity index (χ2n) is 6.50. The average molecular weight is 364 g/mol. The third kappa shape index (κ3) is 4.25. The first kappa shape index (κ1) is 19.6. The molecule has 1 heterocycles. The van der Waals surface area contributed by atoms with E-state index in [1.165, 1.54) is 16.6 Å². The molecule has 0 spiro atoms. The quantitative estimate of drug-likeness (QED) is 0.885. The van der Waals surface area contributed by atoms with Crippen LogP contribution in [0.1, 0.15) is 38.9 Å². The number of nitrogens with zero attached hydrogens (tertiary/aromatic N) is 3. The van der Waals surface area contributed by atoms with Gasteiger partial charge in [0.15, 0.2) is 5.69 Å². The van der Waals surface area contributed by atoms with Gasteiger partial charge in [-0.25, -0.2) is 8.78 Å². The van der Waals surface area contributed by atoms with E-state index in [1.54, 1.807) is 34.0 Å². The summed E-state index contributed by atoms with van der Waals surface area (Å²) in [5.41, 5.74) is 0.817. The molecule has 2 rings (SSSR count). The van der Waals surface area contributed by atoms with Crippen LogP contribution in [0.2, 0.25) is 0 Å². The van der Waals surface area contributed by atoms with Crippen LogP contribution in [-0.4, -0.2) is 46.1 Å². The average Bonchev–Trinajstić information content (AvgIpc) is 2.84. The maximum Gasteiger partial charge on any atom is 0.272 e. The first-order valence-corrected chi connectivity index (χ1v) is 8.12. The summed E-state index contributed by atoms with van der Waals surface area (Å²) in [4.78, 5) is 25.8. The van der Waals surface area contributed by atoms with Crippen molar-refractivity contribution in [3.05, 3.63) is 52.3 Å². The number of rotatable bonds is 5. The van der Waals surface area contributed by atoms with Crippen LogP contribution in [0.5, 0.6) is 0 Å². The van der Waals surface area contributed by atoms with Crippen molar-refractivity contribution >= 4 is 11.8 Å². The lowest BCUT2D eigenvalue weighted by Crippen LogP contribution is -2.43. The van der Waals surface area contributed by atoms with Gasteiger partial charge in [0, 0.05) is 38.4 Å². The molecule has 1 aromatic carbocycles. The van der Waals surface area contributed by atoms with Crippen molar-refractivity contribution in [2.24, 2.45) is 7.05 Å². The molecule has 2 aromatic rings. The van der Waals surface area contributed by atoms with Gasteiger partial charge in [-0.05, 0) is 38.5 Å². The number of carbonyl (C=O) groups excluding carboxylic acids is 2. The van der Waals surface area contributed by atoms with E-state index in [1.807, 2.05) is 0 Å². The maximum absolute atomic E-state index is 14.0. The Morgan fingerprint density at radius 3 is 2.35 bits per heavy atom. The molecule has 0 aliphatic rings. The predicted molar refractivity (Wildman–Crippen MR) is 92.9 cm³/mol. The SMILES string of the molecule is Cc1cc(F)c(C(=O)N(C)CC(C)NC(=O)c2nn(C)cc2C)c(F)c1. The molecule has 6 nitrogen and oxygen atoms in total. The number of hydrogen-bond acceptors (Lipinski definition) is 3. The van der Waals surface area contributed by atoms with E-state index in [0.717, 1.165) is 17.7 Å². The van der Waals surface area contributed by atoms with Crippen LogP contribution in [0.3, 0.4) is 0 Å². The lowest BCUT2D eigenvalue weighted by molar-refractivity contribution is 0.0759. The normalized spacial score (nSPS) is 12.0. The molecule has 0 aliphatic carbocycles. The summed E-state index contributed by atoms with van der Waals surface area (Å²) in [7, 11) is 3.14. The maximum atomic E-state index is 14.0. The zero-order chi connectivity index (χ0) is 19.6. The van der Waals surface area contributed by atoms with Crippen molar-refractivity contribution in [2.75, 3.05) is 13.6 Å². The molecule has 2 amide bonds. The Morgan fingerprint density at radius 1 is 1.27 bits per heavy atom. The molecule has 1 aromatic heterocycles. The molecule has 1 unspecified atom stereocenters. The summed E-state index contributed by atoms with van der Waals surface area (Å²) in [6, 6.07) is 1.78. The van der Waals surface area contributed by atoms with Crippen LogP contribution < -0.4 is 5.32 Å². The minimum atomic E-state index is -0.903. The molecule has 0 radical (unpaired) electrons. The molecule has 1 N–H and O–H groups in total. The van der Waals surface area contributed by atoms with E-state index in [4.69, 9.17) is 0 Å². The molecular formula is C18H22F2N4O2. The fraction of sp³-hybridized carbons (Fsp3) is 0.389. The Morgan fingerprint density at radius 2 is 1.85 bits per heavy atom. The largest absolute Gasteiger partial charge is 0.346 e. The zero-order valence-corrected chi connectivity index (χ0v) is 15.4. The second-order valence-corrected chi connectivity index (χ2v) is 6.50. The predicted octanol–water partition coefficient (Wildman–Crippen LogP) is 2.21. The van der Waals surface area contributed by atoms with Gasteiger partial charge in [-0.1, -0.05) is 0 Å². The van der Waals surface area contributed by atoms with Gasteiger partial charge in [-0.2, -0.15) is 5.10 Å². The van der Waals surface area contributed by atoms with Gasteiger partial charge in [0.2, 0.25) is 0 Å². The number of nitrogens with one attached hydrogen (secondary N) is 1. The highest BCUT2D eigenvalue weighted by Crippen LogP contribution is 2.17. The number of hydrogen-bond donors (Lipinski definition) is 1. The standard InChI is InChI=1S/C18H22F2N4O2/c1-10-6-13(19)15(14(20)7-10)18(26)23(4)9-12(3)21-17(25)16-11(2)8-24(5)22-16/h6-8,12H,9H2,1-5H3,(H,21,25). The van der Waals surface area contributed by atoms with Crippen LogP contribution in [0, 0.1) is 25.5 Å². The zero-order valence-electron chi connectivity index (χ0n) is 15.4. The van der Waals surface area contributed by atoms with Gasteiger partial charge in [-0.3, -0.25) is 14.3 Å². The fourth-order valence-electron chi connectivity index (χ4n) is 2.76. The van der Waals surface area contributed by atoms with Crippen molar-refractivity contribution in [2.45, 2.75) is 26.8 Å². The van der Waals surface area contributed by atoms with Crippen LogP contribution in [0.15, 0.2) is 18.3 Å². The smallest absolute Gasteiger partial charge is 0.272 e. The van der Waals surface area contributed by atoms with Gasteiger partial charge >= 0.3 is 0 Å². The Labute approximate surface area is 150 Å². The summed E-state index contributed by atoms with van der Waals surface area (Å²) in [6.07, 6.45) is 1.72. The number of likely N-dealkylation sites (N-methyl/N-ethyl adjacent to an activating group) is 1. The highest BCUT2D eigenvalue weighted by Gasteiger charge is 2.23. The van der Waals surface area contributed by atoms with Crippen LogP contribution in [0.4, 0.5) is 8.78 Å². The fourth-order valence-corrected chi connectivity index (χ4v) is 2.76. The Hall–Kier alpha value is -2.77. The number of carbonyl (C=O) groups is 2. The molecule has 0 bridgehead atoms. The summed E-state index contributed by atoms with van der Waals surface area (Å²) in [5.74, 6) is -2.96. The van der Waals surface area contributed by atoms with Gasteiger partial charge in [-0.15, -0.1) is 0 Å². The number of aromatic nitrogens is 2. The molecule has 8 heteroatoms. The summed E-state index contributed by atoms with van der Waals surface area (Å²) < 4.78 is 29.5. The molecule has 1 atom stereocenters. The molecular weight excluding hydrogens is 342 g/mol. The molecule has 0 saturated carbocycles. The van der Waals surface area contributed by atoms with E-state index in [0.29, 0.717) is 11.3 Å². The van der Waals surface area contributed by atoms with Crippen molar-refractivity contribution < 1.29 is 18.4 Å². The lowest BCUT2D eigenvalue weighted by Gasteiger charge is -2.23. The van der Waals surface area contributed by atoms with Gasteiger partial charge in [0.1, 0.15) is 17.2 Å². The van der Waals surface area contributed by atoms with Crippen LogP contribution in [-0.2, 0) is 7.05 Å². The third-order valence-electron chi connectivity index (χ3n) is 3.90. The molecule has 26 heavy (non-hydrogen) atoms. The molecule has 0 fully saturated rings. The minimum Gasteiger partial charge on any atom is -0.346 e. The number of halogens is 2. The molecule has 140 valence electrons. The minimum absolute atomic E-state index is 0.0865. The van der Waals surface area contributed by atoms with E-state index in [9.17, 15) is 18.4 Å². The van der Waals surface area contributed by atoms with E-state index < -0.39 is 29.1 Å². The van der Waals surface area contributed by atoms with Crippen molar-refractivity contribution in [3.63, 3.8) is 0 Å². The van der Waals surface area contributed by atoms with Gasteiger partial charge in [0.25, 0.3) is 11.8 Å². The van der Waals surface area contributed by atoms with Crippen molar-refractivity contribution in [3.8, 4) is 0 Å². The van der Waals surface area contributed by atoms with Crippen molar-refractivity contribution in [1.29, 1.82) is 0 Å². The van der Waals surface area contributed by atoms with E-state index >= 15 is 0 Å².